The summed E-state index contributed by atoms with van der Waals surface area (Å²) in [6, 6.07) is 19.3. The molecule has 0 saturated heterocycles. The van der Waals surface area contributed by atoms with Crippen LogP contribution < -0.4 is 0 Å². The van der Waals surface area contributed by atoms with E-state index in [1.54, 1.807) is 6.07 Å². The van der Waals surface area contributed by atoms with Gasteiger partial charge in [-0.2, -0.15) is 13.2 Å². The highest BCUT2D eigenvalue weighted by Crippen LogP contribution is 2.33. The molecule has 4 rings (SSSR count). The lowest BCUT2D eigenvalue weighted by atomic mass is 9.97. The lowest BCUT2D eigenvalue weighted by Gasteiger charge is -2.26. The zero-order valence-electron chi connectivity index (χ0n) is 17.3. The van der Waals surface area contributed by atoms with Crippen LogP contribution in [0.4, 0.5) is 13.2 Å². The Labute approximate surface area is 196 Å². The smallest absolute Gasteiger partial charge is 0.299 e. The third kappa shape index (κ3) is 5.55. The third-order valence-corrected chi connectivity index (χ3v) is 6.29. The van der Waals surface area contributed by atoms with Gasteiger partial charge in [-0.25, -0.2) is 0 Å². The Balaban J connectivity index is 1.37. The van der Waals surface area contributed by atoms with Crippen molar-refractivity contribution in [3.05, 3.63) is 99.5 Å². The van der Waals surface area contributed by atoms with Gasteiger partial charge in [0.25, 0.3) is 0 Å². The van der Waals surface area contributed by atoms with E-state index in [-0.39, 0.29) is 0 Å². The second-order valence-corrected chi connectivity index (χ2v) is 8.78. The molecule has 0 fully saturated rings. The molecule has 6 heteroatoms. The van der Waals surface area contributed by atoms with Crippen LogP contribution in [-0.4, -0.2) is 24.5 Å². The summed E-state index contributed by atoms with van der Waals surface area (Å²) in [5, 5.41) is 1.36. The molecule has 0 spiro atoms. The molecular formula is C26H22Cl2F3N. The zero-order valence-corrected chi connectivity index (χ0v) is 18.8. The molecule has 0 atom stereocenters. The molecule has 1 heterocycles. The van der Waals surface area contributed by atoms with Crippen LogP contribution in [0, 0.1) is 0 Å². The largest absolute Gasteiger partial charge is 0.416 e. The maximum absolute atomic E-state index is 13.0. The van der Waals surface area contributed by atoms with Gasteiger partial charge in [0.1, 0.15) is 0 Å². The van der Waals surface area contributed by atoms with E-state index >= 15 is 0 Å². The standard InChI is InChI=1S/C26H22Cl2F3N/c27-23-6-2-4-21(17-23)24-8-7-18(15-25(24)28)9-12-32-13-10-19(11-14-32)20-3-1-5-22(16-20)26(29,30)31/h1-8,10,15-17H,9,11-14H2. The zero-order chi connectivity index (χ0) is 22.7. The number of nitrogens with zero attached hydrogens (tertiary/aromatic N) is 1. The van der Waals surface area contributed by atoms with Crippen molar-refractivity contribution in [2.75, 3.05) is 19.6 Å². The van der Waals surface area contributed by atoms with E-state index in [0.717, 1.165) is 60.8 Å². The lowest BCUT2D eigenvalue weighted by molar-refractivity contribution is -0.137. The maximum Gasteiger partial charge on any atom is 0.416 e. The van der Waals surface area contributed by atoms with Crippen LogP contribution in [0.5, 0.6) is 0 Å². The first-order valence-electron chi connectivity index (χ1n) is 10.4. The molecule has 3 aromatic rings. The predicted molar refractivity (Wildman–Crippen MR) is 126 cm³/mol. The second kappa shape index (κ2) is 9.70. The molecule has 0 unspecified atom stereocenters. The Morgan fingerprint density at radius 2 is 1.66 bits per heavy atom. The SMILES string of the molecule is FC(F)(F)c1cccc(C2=CCN(CCc3ccc(-c4cccc(Cl)c4)c(Cl)c3)CC2)c1. The summed E-state index contributed by atoms with van der Waals surface area (Å²) < 4.78 is 38.9. The van der Waals surface area contributed by atoms with Crippen molar-refractivity contribution in [1.29, 1.82) is 0 Å². The fraction of sp³-hybridized carbons (Fsp3) is 0.231. The van der Waals surface area contributed by atoms with Gasteiger partial charge in [-0.05, 0) is 65.4 Å². The number of benzene rings is 3. The maximum atomic E-state index is 13.0. The van der Waals surface area contributed by atoms with E-state index in [1.165, 1.54) is 12.1 Å². The number of hydrogen-bond donors (Lipinski definition) is 0. The molecule has 0 radical (unpaired) electrons. The fourth-order valence-corrected chi connectivity index (χ4v) is 4.47. The van der Waals surface area contributed by atoms with Crippen LogP contribution >= 0.6 is 23.2 Å². The Bertz CT molecular complexity index is 1140. The first-order chi connectivity index (χ1) is 15.3. The minimum atomic E-state index is -4.32. The van der Waals surface area contributed by atoms with Crippen LogP contribution in [0.3, 0.4) is 0 Å². The number of hydrogen-bond acceptors (Lipinski definition) is 1. The van der Waals surface area contributed by atoms with Gasteiger partial charge in [-0.15, -0.1) is 0 Å². The topological polar surface area (TPSA) is 3.24 Å². The summed E-state index contributed by atoms with van der Waals surface area (Å²) in [6.45, 7) is 2.40. The van der Waals surface area contributed by atoms with Crippen LogP contribution in [0.25, 0.3) is 16.7 Å². The highest BCUT2D eigenvalue weighted by atomic mass is 35.5. The summed E-state index contributed by atoms with van der Waals surface area (Å²) in [5.74, 6) is 0. The van der Waals surface area contributed by atoms with Gasteiger partial charge in [0, 0.05) is 35.2 Å². The molecule has 3 aromatic carbocycles. The van der Waals surface area contributed by atoms with Crippen LogP contribution in [0.2, 0.25) is 10.0 Å². The van der Waals surface area contributed by atoms with E-state index in [0.29, 0.717) is 15.6 Å². The molecular weight excluding hydrogens is 454 g/mol. The van der Waals surface area contributed by atoms with Crippen molar-refractivity contribution >= 4 is 28.8 Å². The molecule has 1 nitrogen and oxygen atoms in total. The average Bonchev–Trinajstić information content (AvgIpc) is 2.78. The Kier molecular flexibility index (Phi) is 6.94. The first kappa shape index (κ1) is 22.9. The van der Waals surface area contributed by atoms with Gasteiger partial charge < -0.3 is 0 Å². The Morgan fingerprint density at radius 1 is 0.875 bits per heavy atom. The van der Waals surface area contributed by atoms with Gasteiger partial charge in [-0.3, -0.25) is 4.90 Å². The molecule has 0 bridgehead atoms. The molecule has 32 heavy (non-hydrogen) atoms. The Morgan fingerprint density at radius 3 is 2.34 bits per heavy atom. The second-order valence-electron chi connectivity index (χ2n) is 7.93. The van der Waals surface area contributed by atoms with Crippen molar-refractivity contribution < 1.29 is 13.2 Å². The van der Waals surface area contributed by atoms with Crippen LogP contribution in [0.1, 0.15) is 23.1 Å². The van der Waals surface area contributed by atoms with Crippen molar-refractivity contribution in [2.45, 2.75) is 19.0 Å². The van der Waals surface area contributed by atoms with E-state index < -0.39 is 11.7 Å². The average molecular weight is 476 g/mol. The summed E-state index contributed by atoms with van der Waals surface area (Å²) in [6.07, 6.45) is -0.701. The van der Waals surface area contributed by atoms with E-state index in [9.17, 15) is 13.2 Å². The third-order valence-electron chi connectivity index (χ3n) is 5.74. The Hall–Kier alpha value is -2.27. The lowest BCUT2D eigenvalue weighted by Crippen LogP contribution is -2.30. The minimum absolute atomic E-state index is 0.601. The molecule has 1 aliphatic heterocycles. The number of halogens is 5. The van der Waals surface area contributed by atoms with E-state index in [1.807, 2.05) is 42.5 Å². The summed E-state index contributed by atoms with van der Waals surface area (Å²) in [4.78, 5) is 2.30. The highest BCUT2D eigenvalue weighted by molar-refractivity contribution is 6.34. The molecule has 0 aliphatic carbocycles. The van der Waals surface area contributed by atoms with Gasteiger partial charge in [-0.1, -0.05) is 65.7 Å². The summed E-state index contributed by atoms with van der Waals surface area (Å²) in [7, 11) is 0. The summed E-state index contributed by atoms with van der Waals surface area (Å²) in [5.41, 5.74) is 4.11. The highest BCUT2D eigenvalue weighted by Gasteiger charge is 2.30. The van der Waals surface area contributed by atoms with Gasteiger partial charge in [0.15, 0.2) is 0 Å². The summed E-state index contributed by atoms with van der Waals surface area (Å²) >= 11 is 12.6. The fourth-order valence-electron chi connectivity index (χ4n) is 3.96. The van der Waals surface area contributed by atoms with Crippen LogP contribution in [-0.2, 0) is 12.6 Å². The molecule has 166 valence electrons. The first-order valence-corrected chi connectivity index (χ1v) is 11.2. The minimum Gasteiger partial charge on any atom is -0.299 e. The van der Waals surface area contributed by atoms with Gasteiger partial charge in [0.05, 0.1) is 5.56 Å². The van der Waals surface area contributed by atoms with Crippen molar-refractivity contribution in [1.82, 2.24) is 4.90 Å². The predicted octanol–water partition coefficient (Wildman–Crippen LogP) is 8.01. The monoisotopic (exact) mass is 475 g/mol. The molecule has 0 amide bonds. The van der Waals surface area contributed by atoms with Gasteiger partial charge in [0.2, 0.25) is 0 Å². The van der Waals surface area contributed by atoms with Crippen LogP contribution in [0.15, 0.2) is 72.8 Å². The van der Waals surface area contributed by atoms with Crippen molar-refractivity contribution in [2.24, 2.45) is 0 Å². The van der Waals surface area contributed by atoms with Gasteiger partial charge >= 0.3 is 6.18 Å². The van der Waals surface area contributed by atoms with Crippen molar-refractivity contribution in [3.8, 4) is 11.1 Å². The van der Waals surface area contributed by atoms with E-state index in [2.05, 4.69) is 11.0 Å². The van der Waals surface area contributed by atoms with E-state index in [4.69, 9.17) is 23.2 Å². The molecule has 0 N–H and O–H groups in total. The molecule has 0 saturated carbocycles. The normalized spacial score (nSPS) is 15.0. The number of rotatable bonds is 5. The van der Waals surface area contributed by atoms with Crippen molar-refractivity contribution in [3.63, 3.8) is 0 Å². The quantitative estimate of drug-likeness (QED) is 0.361. The molecule has 0 aromatic heterocycles. The molecule has 1 aliphatic rings. The number of alkyl halides is 3.